The van der Waals surface area contributed by atoms with E-state index in [2.05, 4.69) is 15.6 Å². The van der Waals surface area contributed by atoms with Crippen molar-refractivity contribution < 1.29 is 14.0 Å². The number of benzene rings is 1. The minimum absolute atomic E-state index is 0.169. The summed E-state index contributed by atoms with van der Waals surface area (Å²) in [6.45, 7) is 3.82. The highest BCUT2D eigenvalue weighted by Gasteiger charge is 2.29. The molecule has 2 aromatic rings. The molecule has 3 rings (SSSR count). The molecule has 0 aliphatic carbocycles. The van der Waals surface area contributed by atoms with Crippen LogP contribution in [0.25, 0.3) is 0 Å². The summed E-state index contributed by atoms with van der Waals surface area (Å²) < 4.78 is 15.0. The lowest BCUT2D eigenvalue weighted by atomic mass is 10.0. The van der Waals surface area contributed by atoms with Crippen LogP contribution in [-0.2, 0) is 23.1 Å². The molecule has 1 aliphatic rings. The normalized spacial score (nSPS) is 17.8. The lowest BCUT2D eigenvalue weighted by Crippen LogP contribution is -2.36. The Bertz CT molecular complexity index is 815. The van der Waals surface area contributed by atoms with E-state index in [1.54, 1.807) is 10.7 Å². The van der Waals surface area contributed by atoms with E-state index in [1.807, 2.05) is 33.2 Å². The number of hydrogen-bond donors (Lipinski definition) is 1. The molecule has 2 atom stereocenters. The van der Waals surface area contributed by atoms with Gasteiger partial charge in [0.2, 0.25) is 6.10 Å². The predicted octanol–water partition coefficient (Wildman–Crippen LogP) is 2.43. The van der Waals surface area contributed by atoms with Crippen LogP contribution in [-0.4, -0.2) is 27.5 Å². The van der Waals surface area contributed by atoms with E-state index in [9.17, 15) is 9.18 Å². The molecule has 0 spiro atoms. The van der Waals surface area contributed by atoms with Gasteiger partial charge in [-0.2, -0.15) is 5.10 Å². The summed E-state index contributed by atoms with van der Waals surface area (Å²) >= 11 is 0. The van der Waals surface area contributed by atoms with Gasteiger partial charge in [0, 0.05) is 31.6 Å². The van der Waals surface area contributed by atoms with E-state index in [4.69, 9.17) is 4.84 Å². The summed E-state index contributed by atoms with van der Waals surface area (Å²) in [5.41, 5.74) is 3.39. The Morgan fingerprint density at radius 3 is 3.00 bits per heavy atom. The maximum Gasteiger partial charge on any atom is 0.264 e. The molecule has 132 valence electrons. The molecule has 1 aliphatic heterocycles. The number of carbonyl (C=O) groups is 1. The summed E-state index contributed by atoms with van der Waals surface area (Å²) in [5, 5.41) is 11.2. The molecule has 25 heavy (non-hydrogen) atoms. The second kappa shape index (κ2) is 7.04. The van der Waals surface area contributed by atoms with E-state index in [0.29, 0.717) is 12.8 Å². The molecule has 1 N–H and O–H groups in total. The summed E-state index contributed by atoms with van der Waals surface area (Å²) in [7, 11) is 1.84. The van der Waals surface area contributed by atoms with Crippen molar-refractivity contribution in [1.29, 1.82) is 0 Å². The quantitative estimate of drug-likeness (QED) is 0.906. The van der Waals surface area contributed by atoms with Crippen molar-refractivity contribution in [2.45, 2.75) is 38.8 Å². The zero-order valence-electron chi connectivity index (χ0n) is 14.5. The van der Waals surface area contributed by atoms with E-state index in [0.717, 1.165) is 22.5 Å². The third kappa shape index (κ3) is 4.04. The topological polar surface area (TPSA) is 68.5 Å². The van der Waals surface area contributed by atoms with Crippen molar-refractivity contribution in [3.05, 3.63) is 53.1 Å². The number of aryl methyl sites for hydroxylation is 2. The minimum atomic E-state index is -0.650. The Morgan fingerprint density at radius 1 is 1.52 bits per heavy atom. The van der Waals surface area contributed by atoms with Gasteiger partial charge in [-0.05, 0) is 31.5 Å². The molecule has 2 unspecified atom stereocenters. The molecule has 2 heterocycles. The molecule has 0 fully saturated rings. The van der Waals surface area contributed by atoms with E-state index in [-0.39, 0.29) is 17.8 Å². The van der Waals surface area contributed by atoms with Crippen LogP contribution in [0, 0.1) is 12.7 Å². The van der Waals surface area contributed by atoms with Crippen molar-refractivity contribution in [3.8, 4) is 0 Å². The number of amides is 1. The molecule has 1 aromatic heterocycles. The summed E-state index contributed by atoms with van der Waals surface area (Å²) in [5.74, 6) is -0.499. The zero-order chi connectivity index (χ0) is 18.0. The average molecular weight is 344 g/mol. The van der Waals surface area contributed by atoms with E-state index in [1.165, 1.54) is 12.1 Å². The lowest BCUT2D eigenvalue weighted by molar-refractivity contribution is -0.131. The first-order valence-electron chi connectivity index (χ1n) is 8.19. The second-order valence-corrected chi connectivity index (χ2v) is 6.34. The van der Waals surface area contributed by atoms with Crippen LogP contribution >= 0.6 is 0 Å². The number of carbonyl (C=O) groups excluding carboxylic acids is 1. The van der Waals surface area contributed by atoms with Crippen LogP contribution in [0.4, 0.5) is 4.39 Å². The molecule has 7 heteroatoms. The first-order valence-corrected chi connectivity index (χ1v) is 8.19. The van der Waals surface area contributed by atoms with Crippen molar-refractivity contribution in [2.75, 3.05) is 0 Å². The van der Waals surface area contributed by atoms with Crippen molar-refractivity contribution in [1.82, 2.24) is 15.1 Å². The van der Waals surface area contributed by atoms with Crippen LogP contribution in [0.2, 0.25) is 0 Å². The maximum atomic E-state index is 13.2. The molecular formula is C18H21FN4O2. The molecule has 1 amide bonds. The third-order valence-corrected chi connectivity index (χ3v) is 4.20. The fourth-order valence-corrected chi connectivity index (χ4v) is 2.98. The standard InChI is InChI=1S/C18H21FN4O2/c1-11(16-10-23(3)21-12(16)2)20-18(24)17-9-15(22-25-17)8-13-5-4-6-14(19)7-13/h4-7,10-11,17H,8-9H2,1-3H3,(H,20,24). The molecule has 0 bridgehead atoms. The Balaban J connectivity index is 1.55. The number of rotatable bonds is 5. The van der Waals surface area contributed by atoms with Gasteiger partial charge in [-0.25, -0.2) is 4.39 Å². The number of oxime groups is 1. The fraction of sp³-hybridized carbons (Fsp3) is 0.389. The summed E-state index contributed by atoms with van der Waals surface area (Å²) in [4.78, 5) is 17.7. The molecule has 6 nitrogen and oxygen atoms in total. The fourth-order valence-electron chi connectivity index (χ4n) is 2.98. The number of halogens is 1. The SMILES string of the molecule is Cc1nn(C)cc1C(C)NC(=O)C1CC(Cc2cccc(F)c2)=NO1. The number of nitrogens with zero attached hydrogens (tertiary/aromatic N) is 3. The van der Waals surface area contributed by atoms with Crippen LogP contribution in [0.1, 0.15) is 36.2 Å². The van der Waals surface area contributed by atoms with Gasteiger partial charge in [-0.1, -0.05) is 17.3 Å². The Labute approximate surface area is 145 Å². The van der Waals surface area contributed by atoms with Gasteiger partial charge in [0.1, 0.15) is 5.82 Å². The first-order chi connectivity index (χ1) is 11.9. The minimum Gasteiger partial charge on any atom is -0.382 e. The smallest absolute Gasteiger partial charge is 0.264 e. The summed E-state index contributed by atoms with van der Waals surface area (Å²) in [6, 6.07) is 6.17. The Kier molecular flexibility index (Phi) is 4.83. The van der Waals surface area contributed by atoms with Crippen LogP contribution < -0.4 is 5.32 Å². The highest BCUT2D eigenvalue weighted by Crippen LogP contribution is 2.19. The van der Waals surface area contributed by atoms with Crippen LogP contribution in [0.15, 0.2) is 35.6 Å². The number of aromatic nitrogens is 2. The Hall–Kier alpha value is -2.70. The third-order valence-electron chi connectivity index (χ3n) is 4.20. The van der Waals surface area contributed by atoms with E-state index < -0.39 is 6.10 Å². The largest absolute Gasteiger partial charge is 0.382 e. The van der Waals surface area contributed by atoms with Gasteiger partial charge >= 0.3 is 0 Å². The zero-order valence-corrected chi connectivity index (χ0v) is 14.5. The molecule has 1 aromatic carbocycles. The highest BCUT2D eigenvalue weighted by atomic mass is 19.1. The van der Waals surface area contributed by atoms with Gasteiger partial charge in [0.15, 0.2) is 0 Å². The molecule has 0 radical (unpaired) electrons. The number of hydrogen-bond acceptors (Lipinski definition) is 4. The second-order valence-electron chi connectivity index (χ2n) is 6.34. The van der Waals surface area contributed by atoms with Gasteiger partial charge in [0.25, 0.3) is 5.91 Å². The average Bonchev–Trinajstić information content (AvgIpc) is 3.13. The van der Waals surface area contributed by atoms with E-state index >= 15 is 0 Å². The van der Waals surface area contributed by atoms with Gasteiger partial charge < -0.3 is 10.2 Å². The highest BCUT2D eigenvalue weighted by molar-refractivity contribution is 5.94. The van der Waals surface area contributed by atoms with Gasteiger partial charge in [-0.15, -0.1) is 0 Å². The lowest BCUT2D eigenvalue weighted by Gasteiger charge is -2.15. The molecule has 0 saturated carbocycles. The maximum absolute atomic E-state index is 13.2. The van der Waals surface area contributed by atoms with Gasteiger partial charge in [-0.3, -0.25) is 9.48 Å². The monoisotopic (exact) mass is 344 g/mol. The number of nitrogens with one attached hydrogen (secondary N) is 1. The van der Waals surface area contributed by atoms with Crippen molar-refractivity contribution in [2.24, 2.45) is 12.2 Å². The van der Waals surface area contributed by atoms with Crippen molar-refractivity contribution >= 4 is 11.6 Å². The Morgan fingerprint density at radius 2 is 2.32 bits per heavy atom. The van der Waals surface area contributed by atoms with Gasteiger partial charge in [0.05, 0.1) is 17.4 Å². The summed E-state index contributed by atoms with van der Waals surface area (Å²) in [6.07, 6.45) is 2.12. The predicted molar refractivity (Wildman–Crippen MR) is 91.5 cm³/mol. The molecule has 0 saturated heterocycles. The first kappa shape index (κ1) is 17.1. The van der Waals surface area contributed by atoms with Crippen LogP contribution in [0.3, 0.4) is 0 Å². The van der Waals surface area contributed by atoms with Crippen LogP contribution in [0.5, 0.6) is 0 Å². The van der Waals surface area contributed by atoms with Crippen molar-refractivity contribution in [3.63, 3.8) is 0 Å². The molecular weight excluding hydrogens is 323 g/mol.